The first-order valence-corrected chi connectivity index (χ1v) is 7.68. The van der Waals surface area contributed by atoms with Crippen LogP contribution < -0.4 is 5.32 Å². The van der Waals surface area contributed by atoms with Crippen LogP contribution in [0.2, 0.25) is 0 Å². The molecular weight excluding hydrogens is 268 g/mol. The Hall–Kier alpha value is -1.78. The van der Waals surface area contributed by atoms with Gasteiger partial charge >= 0.3 is 0 Å². The molecule has 0 spiro atoms. The Morgan fingerprint density at radius 3 is 2.48 bits per heavy atom. The van der Waals surface area contributed by atoms with Gasteiger partial charge in [-0.05, 0) is 38.3 Å². The highest BCUT2D eigenvalue weighted by Crippen LogP contribution is 2.33. The van der Waals surface area contributed by atoms with Crippen molar-refractivity contribution in [2.75, 3.05) is 0 Å². The summed E-state index contributed by atoms with van der Waals surface area (Å²) in [7, 11) is 0. The van der Waals surface area contributed by atoms with E-state index in [1.165, 1.54) is 0 Å². The number of amides is 2. The molecule has 5 nitrogen and oxygen atoms in total. The van der Waals surface area contributed by atoms with Crippen molar-refractivity contribution in [1.82, 2.24) is 10.2 Å². The van der Waals surface area contributed by atoms with E-state index in [0.717, 1.165) is 0 Å². The summed E-state index contributed by atoms with van der Waals surface area (Å²) in [5, 5.41) is 2.95. The average molecular weight is 292 g/mol. The molecule has 2 heterocycles. The summed E-state index contributed by atoms with van der Waals surface area (Å²) in [4.78, 5) is 27.2. The molecule has 0 aliphatic carbocycles. The van der Waals surface area contributed by atoms with Crippen LogP contribution in [0.5, 0.6) is 0 Å². The maximum absolute atomic E-state index is 13.0. The minimum Gasteiger partial charge on any atom is -0.467 e. The Balaban J connectivity index is 2.42. The molecule has 116 valence electrons. The number of piperazine rings is 1. The van der Waals surface area contributed by atoms with Crippen LogP contribution in [0.1, 0.15) is 58.8 Å². The number of carbonyl (C=O) groups excluding carboxylic acids is 2. The van der Waals surface area contributed by atoms with E-state index >= 15 is 0 Å². The van der Waals surface area contributed by atoms with E-state index in [4.69, 9.17) is 4.42 Å². The number of hydrogen-bond donors (Lipinski definition) is 1. The maximum Gasteiger partial charge on any atom is 0.249 e. The van der Waals surface area contributed by atoms with E-state index in [-0.39, 0.29) is 17.9 Å². The Morgan fingerprint density at radius 2 is 2.00 bits per heavy atom. The van der Waals surface area contributed by atoms with Crippen molar-refractivity contribution in [2.45, 2.75) is 64.6 Å². The molecular formula is C16H24N2O3. The lowest BCUT2D eigenvalue weighted by Gasteiger charge is -2.47. The van der Waals surface area contributed by atoms with Crippen molar-refractivity contribution in [3.63, 3.8) is 0 Å². The number of carbonyl (C=O) groups is 2. The van der Waals surface area contributed by atoms with Crippen LogP contribution in [0.3, 0.4) is 0 Å². The van der Waals surface area contributed by atoms with Gasteiger partial charge in [-0.1, -0.05) is 20.8 Å². The Labute approximate surface area is 125 Å². The molecule has 2 atom stereocenters. The molecule has 0 aromatic carbocycles. The molecule has 0 bridgehead atoms. The normalized spacial score (nSPS) is 23.0. The smallest absolute Gasteiger partial charge is 0.249 e. The zero-order valence-corrected chi connectivity index (χ0v) is 13.2. The van der Waals surface area contributed by atoms with E-state index in [1.54, 1.807) is 17.2 Å². The highest BCUT2D eigenvalue weighted by Gasteiger charge is 2.50. The number of hydrogen-bond acceptors (Lipinski definition) is 3. The quantitative estimate of drug-likeness (QED) is 0.907. The topological polar surface area (TPSA) is 62.6 Å². The first-order chi connectivity index (χ1) is 10.0. The summed E-state index contributed by atoms with van der Waals surface area (Å²) in [6.07, 6.45) is 3.36. The second-order valence-electron chi connectivity index (χ2n) is 5.61. The molecule has 1 aromatic rings. The summed E-state index contributed by atoms with van der Waals surface area (Å²) < 4.78 is 5.43. The third-order valence-corrected chi connectivity index (χ3v) is 4.61. The largest absolute Gasteiger partial charge is 0.467 e. The molecule has 2 rings (SSSR count). The van der Waals surface area contributed by atoms with Crippen molar-refractivity contribution in [1.29, 1.82) is 0 Å². The van der Waals surface area contributed by atoms with Gasteiger partial charge in [0, 0.05) is 0 Å². The zero-order valence-electron chi connectivity index (χ0n) is 13.2. The third kappa shape index (κ3) is 2.45. The number of furan rings is 1. The fraction of sp³-hybridized carbons (Fsp3) is 0.625. The molecule has 2 unspecified atom stereocenters. The molecule has 0 saturated carbocycles. The standard InChI is InChI=1S/C16H24N2O3/c1-5-12-14(19)17-16(6-2,7-3)15(20)18(12)11(4)13-9-8-10-21-13/h8-12H,5-7H2,1-4H3,(H,17,19). The molecule has 1 aliphatic heterocycles. The predicted octanol–water partition coefficient (Wildman–Crippen LogP) is 2.64. The lowest BCUT2D eigenvalue weighted by molar-refractivity contribution is -0.159. The van der Waals surface area contributed by atoms with Crippen molar-refractivity contribution >= 4 is 11.8 Å². The van der Waals surface area contributed by atoms with Crippen LogP contribution in [-0.4, -0.2) is 28.3 Å². The van der Waals surface area contributed by atoms with Crippen LogP contribution >= 0.6 is 0 Å². The first-order valence-electron chi connectivity index (χ1n) is 7.68. The van der Waals surface area contributed by atoms with Gasteiger partial charge in [0.2, 0.25) is 11.8 Å². The number of rotatable bonds is 5. The Kier molecular flexibility index (Phi) is 4.40. The molecule has 1 aliphatic rings. The monoisotopic (exact) mass is 292 g/mol. The predicted molar refractivity (Wildman–Crippen MR) is 79.5 cm³/mol. The van der Waals surface area contributed by atoms with Gasteiger partial charge in [-0.15, -0.1) is 0 Å². The van der Waals surface area contributed by atoms with E-state index in [2.05, 4.69) is 5.32 Å². The van der Waals surface area contributed by atoms with Gasteiger partial charge in [0.15, 0.2) is 0 Å². The molecule has 1 aromatic heterocycles. The second-order valence-corrected chi connectivity index (χ2v) is 5.61. The fourth-order valence-electron chi connectivity index (χ4n) is 3.11. The number of nitrogens with one attached hydrogen (secondary N) is 1. The summed E-state index contributed by atoms with van der Waals surface area (Å²) >= 11 is 0. The summed E-state index contributed by atoms with van der Waals surface area (Å²) in [6, 6.07) is 2.95. The molecule has 0 radical (unpaired) electrons. The maximum atomic E-state index is 13.0. The van der Waals surface area contributed by atoms with Crippen molar-refractivity contribution in [2.24, 2.45) is 0 Å². The van der Waals surface area contributed by atoms with Crippen LogP contribution in [0.25, 0.3) is 0 Å². The SMILES string of the molecule is CCC1C(=O)NC(CC)(CC)C(=O)N1C(C)c1ccco1. The van der Waals surface area contributed by atoms with Crippen LogP contribution in [-0.2, 0) is 9.59 Å². The highest BCUT2D eigenvalue weighted by molar-refractivity contribution is 6.00. The van der Waals surface area contributed by atoms with Gasteiger partial charge in [-0.3, -0.25) is 9.59 Å². The van der Waals surface area contributed by atoms with Gasteiger partial charge in [0.25, 0.3) is 0 Å². The Bertz CT molecular complexity index is 506. The molecule has 1 saturated heterocycles. The van der Waals surface area contributed by atoms with Crippen LogP contribution in [0, 0.1) is 0 Å². The van der Waals surface area contributed by atoms with Crippen LogP contribution in [0.15, 0.2) is 22.8 Å². The number of nitrogens with zero attached hydrogens (tertiary/aromatic N) is 1. The van der Waals surface area contributed by atoms with Gasteiger partial charge in [0.05, 0.1) is 12.3 Å². The molecule has 2 amide bonds. The van der Waals surface area contributed by atoms with Crippen LogP contribution in [0.4, 0.5) is 0 Å². The second kappa shape index (κ2) is 5.92. The Morgan fingerprint density at radius 1 is 1.33 bits per heavy atom. The van der Waals surface area contributed by atoms with Gasteiger partial charge in [-0.2, -0.15) is 0 Å². The average Bonchev–Trinajstić information content (AvgIpc) is 3.02. The van der Waals surface area contributed by atoms with Gasteiger partial charge in [-0.25, -0.2) is 0 Å². The third-order valence-electron chi connectivity index (χ3n) is 4.61. The molecule has 5 heteroatoms. The highest BCUT2D eigenvalue weighted by atomic mass is 16.3. The lowest BCUT2D eigenvalue weighted by atomic mass is 9.85. The minimum atomic E-state index is -0.788. The van der Waals surface area contributed by atoms with E-state index in [9.17, 15) is 9.59 Å². The van der Waals surface area contributed by atoms with E-state index in [1.807, 2.05) is 33.8 Å². The fourth-order valence-corrected chi connectivity index (χ4v) is 3.11. The summed E-state index contributed by atoms with van der Waals surface area (Å²) in [5.41, 5.74) is -0.788. The minimum absolute atomic E-state index is 0.0112. The van der Waals surface area contributed by atoms with Crippen molar-refractivity contribution < 1.29 is 14.0 Å². The molecule has 21 heavy (non-hydrogen) atoms. The van der Waals surface area contributed by atoms with Gasteiger partial charge < -0.3 is 14.6 Å². The van der Waals surface area contributed by atoms with Crippen molar-refractivity contribution in [3.05, 3.63) is 24.2 Å². The molecule has 1 fully saturated rings. The molecule has 1 N–H and O–H groups in total. The lowest BCUT2D eigenvalue weighted by Crippen LogP contribution is -2.70. The van der Waals surface area contributed by atoms with Crippen molar-refractivity contribution in [3.8, 4) is 0 Å². The van der Waals surface area contributed by atoms with Gasteiger partial charge in [0.1, 0.15) is 17.3 Å². The summed E-state index contributed by atoms with van der Waals surface area (Å²) in [5.74, 6) is 0.625. The summed E-state index contributed by atoms with van der Waals surface area (Å²) in [6.45, 7) is 7.70. The van der Waals surface area contributed by atoms with E-state index in [0.29, 0.717) is 25.0 Å². The first kappa shape index (κ1) is 15.6. The zero-order chi connectivity index (χ0) is 15.6. The van der Waals surface area contributed by atoms with E-state index < -0.39 is 11.6 Å².